The monoisotopic (exact) mass is 387 g/mol. The van der Waals surface area contributed by atoms with Crippen LogP contribution in [-0.2, 0) is 16.0 Å². The van der Waals surface area contributed by atoms with Gasteiger partial charge in [0.15, 0.2) is 5.96 Å². The number of aliphatic imine (C=N–C) groups is 1. The van der Waals surface area contributed by atoms with Crippen LogP contribution in [-0.4, -0.2) is 67.7 Å². The van der Waals surface area contributed by atoms with E-state index in [0.29, 0.717) is 25.6 Å². The van der Waals surface area contributed by atoms with Crippen molar-refractivity contribution in [2.45, 2.75) is 38.8 Å². The SMILES string of the molecule is CN=C(NCC(=O)N1CCc2ccccc21)NC1CN(C(=O)OC(C)(C)C)C1. The molecule has 2 aliphatic rings. The Labute approximate surface area is 165 Å². The number of carbonyl (C=O) groups is 2. The van der Waals surface area contributed by atoms with Gasteiger partial charge in [0, 0.05) is 32.4 Å². The van der Waals surface area contributed by atoms with Gasteiger partial charge in [-0.1, -0.05) is 18.2 Å². The summed E-state index contributed by atoms with van der Waals surface area (Å²) in [5.41, 5.74) is 1.70. The number of amides is 2. The molecule has 1 fully saturated rings. The highest BCUT2D eigenvalue weighted by atomic mass is 16.6. The number of ether oxygens (including phenoxy) is 1. The molecule has 28 heavy (non-hydrogen) atoms. The zero-order valence-electron chi connectivity index (χ0n) is 17.0. The van der Waals surface area contributed by atoms with Gasteiger partial charge in [0.1, 0.15) is 5.60 Å². The molecular formula is C20H29N5O3. The number of nitrogens with zero attached hydrogens (tertiary/aromatic N) is 3. The molecule has 0 aromatic heterocycles. The van der Waals surface area contributed by atoms with Gasteiger partial charge in [-0.2, -0.15) is 0 Å². The van der Waals surface area contributed by atoms with Crippen molar-refractivity contribution >= 4 is 23.6 Å². The predicted octanol–water partition coefficient (Wildman–Crippen LogP) is 1.36. The summed E-state index contributed by atoms with van der Waals surface area (Å²) < 4.78 is 5.35. The summed E-state index contributed by atoms with van der Waals surface area (Å²) in [6.45, 7) is 7.51. The fourth-order valence-corrected chi connectivity index (χ4v) is 3.29. The zero-order chi connectivity index (χ0) is 20.3. The Morgan fingerprint density at radius 2 is 1.96 bits per heavy atom. The minimum Gasteiger partial charge on any atom is -0.444 e. The number of nitrogens with one attached hydrogen (secondary N) is 2. The van der Waals surface area contributed by atoms with E-state index in [2.05, 4.69) is 21.7 Å². The van der Waals surface area contributed by atoms with Gasteiger partial charge in [0.25, 0.3) is 0 Å². The van der Waals surface area contributed by atoms with Gasteiger partial charge < -0.3 is 25.2 Å². The van der Waals surface area contributed by atoms with Crippen LogP contribution in [0.15, 0.2) is 29.3 Å². The lowest BCUT2D eigenvalue weighted by atomic mass is 10.1. The Morgan fingerprint density at radius 1 is 1.25 bits per heavy atom. The van der Waals surface area contributed by atoms with Crippen LogP contribution in [0.25, 0.3) is 0 Å². The minimum atomic E-state index is -0.498. The first-order chi connectivity index (χ1) is 13.3. The Morgan fingerprint density at radius 3 is 2.64 bits per heavy atom. The smallest absolute Gasteiger partial charge is 0.410 e. The molecule has 1 aromatic rings. The van der Waals surface area contributed by atoms with E-state index in [1.54, 1.807) is 11.9 Å². The molecule has 2 amide bonds. The van der Waals surface area contributed by atoms with Gasteiger partial charge in [-0.25, -0.2) is 4.79 Å². The largest absolute Gasteiger partial charge is 0.444 e. The number of hydrogen-bond donors (Lipinski definition) is 2. The fraction of sp³-hybridized carbons (Fsp3) is 0.550. The Hall–Kier alpha value is -2.77. The molecule has 3 rings (SSSR count). The highest BCUT2D eigenvalue weighted by molar-refractivity contribution is 5.98. The van der Waals surface area contributed by atoms with Crippen LogP contribution >= 0.6 is 0 Å². The third-order valence-corrected chi connectivity index (χ3v) is 4.69. The molecule has 0 atom stereocenters. The lowest BCUT2D eigenvalue weighted by Crippen LogP contribution is -2.63. The van der Waals surface area contributed by atoms with Gasteiger partial charge in [-0.15, -0.1) is 0 Å². The zero-order valence-corrected chi connectivity index (χ0v) is 17.0. The number of rotatable bonds is 3. The molecule has 8 heteroatoms. The van der Waals surface area contributed by atoms with Crippen molar-refractivity contribution in [3.63, 3.8) is 0 Å². The molecule has 0 bridgehead atoms. The molecule has 0 spiro atoms. The average Bonchev–Trinajstić information content (AvgIpc) is 3.02. The second kappa shape index (κ2) is 8.08. The van der Waals surface area contributed by atoms with Gasteiger partial charge >= 0.3 is 6.09 Å². The highest BCUT2D eigenvalue weighted by Gasteiger charge is 2.34. The van der Waals surface area contributed by atoms with Crippen LogP contribution in [0.5, 0.6) is 0 Å². The predicted molar refractivity (Wildman–Crippen MR) is 109 cm³/mol. The molecule has 1 aromatic carbocycles. The number of fused-ring (bicyclic) bond motifs is 1. The van der Waals surface area contributed by atoms with Crippen molar-refractivity contribution in [3.8, 4) is 0 Å². The van der Waals surface area contributed by atoms with E-state index in [-0.39, 0.29) is 24.6 Å². The summed E-state index contributed by atoms with van der Waals surface area (Å²) in [4.78, 5) is 32.2. The molecule has 0 unspecified atom stereocenters. The van der Waals surface area contributed by atoms with E-state index in [1.165, 1.54) is 5.56 Å². The summed E-state index contributed by atoms with van der Waals surface area (Å²) in [6, 6.07) is 8.07. The summed E-state index contributed by atoms with van der Waals surface area (Å²) >= 11 is 0. The molecule has 2 aliphatic heterocycles. The van der Waals surface area contributed by atoms with Crippen molar-refractivity contribution in [3.05, 3.63) is 29.8 Å². The van der Waals surface area contributed by atoms with Crippen LogP contribution in [0.3, 0.4) is 0 Å². The fourth-order valence-electron chi connectivity index (χ4n) is 3.29. The topological polar surface area (TPSA) is 86.3 Å². The first-order valence-corrected chi connectivity index (χ1v) is 9.60. The maximum Gasteiger partial charge on any atom is 0.410 e. The summed E-state index contributed by atoms with van der Waals surface area (Å²) in [5, 5.41) is 6.31. The summed E-state index contributed by atoms with van der Waals surface area (Å²) in [7, 11) is 1.66. The van der Waals surface area contributed by atoms with Crippen LogP contribution in [0, 0.1) is 0 Å². The molecule has 2 heterocycles. The first-order valence-electron chi connectivity index (χ1n) is 9.60. The molecular weight excluding hydrogens is 358 g/mol. The number of likely N-dealkylation sites (tertiary alicyclic amines) is 1. The van der Waals surface area contributed by atoms with Gasteiger partial charge in [0.05, 0.1) is 12.6 Å². The standard InChI is InChI=1S/C20H29N5O3/c1-20(2,3)28-19(27)24-12-15(13-24)23-18(21-4)22-11-17(26)25-10-9-14-7-5-6-8-16(14)25/h5-8,15H,9-13H2,1-4H3,(H2,21,22,23). The normalized spacial score (nSPS) is 17.1. The van der Waals surface area contributed by atoms with E-state index in [4.69, 9.17) is 4.74 Å². The number of benzene rings is 1. The number of para-hydroxylation sites is 1. The van der Waals surface area contributed by atoms with Crippen molar-refractivity contribution in [1.29, 1.82) is 0 Å². The van der Waals surface area contributed by atoms with E-state index in [9.17, 15) is 9.59 Å². The lowest BCUT2D eigenvalue weighted by Gasteiger charge is -2.40. The third-order valence-electron chi connectivity index (χ3n) is 4.69. The summed E-state index contributed by atoms with van der Waals surface area (Å²) in [6.07, 6.45) is 0.577. The Kier molecular flexibility index (Phi) is 5.76. The number of anilines is 1. The Balaban J connectivity index is 1.43. The van der Waals surface area contributed by atoms with Crippen LogP contribution in [0.2, 0.25) is 0 Å². The van der Waals surface area contributed by atoms with Crippen molar-refractivity contribution in [2.24, 2.45) is 4.99 Å². The molecule has 0 aliphatic carbocycles. The molecule has 1 saturated heterocycles. The van der Waals surface area contributed by atoms with Gasteiger partial charge in [-0.05, 0) is 38.8 Å². The quantitative estimate of drug-likeness (QED) is 0.604. The third kappa shape index (κ3) is 4.74. The van der Waals surface area contributed by atoms with E-state index in [1.807, 2.05) is 43.9 Å². The maximum atomic E-state index is 12.6. The Bertz CT molecular complexity index is 765. The van der Waals surface area contributed by atoms with Crippen molar-refractivity contribution in [2.75, 3.05) is 38.1 Å². The number of guanidine groups is 1. The van der Waals surface area contributed by atoms with Crippen LogP contribution in [0.1, 0.15) is 26.3 Å². The first kappa shape index (κ1) is 20.0. The lowest BCUT2D eigenvalue weighted by molar-refractivity contribution is -0.117. The van der Waals surface area contributed by atoms with E-state index < -0.39 is 5.60 Å². The van der Waals surface area contributed by atoms with Crippen LogP contribution < -0.4 is 15.5 Å². The van der Waals surface area contributed by atoms with Gasteiger partial charge in [0.2, 0.25) is 5.91 Å². The van der Waals surface area contributed by atoms with Gasteiger partial charge in [-0.3, -0.25) is 9.79 Å². The second-order valence-corrected chi connectivity index (χ2v) is 8.08. The van der Waals surface area contributed by atoms with Crippen molar-refractivity contribution in [1.82, 2.24) is 15.5 Å². The molecule has 0 radical (unpaired) electrons. The molecule has 152 valence electrons. The number of hydrogen-bond acceptors (Lipinski definition) is 4. The maximum absolute atomic E-state index is 12.6. The van der Waals surface area contributed by atoms with Crippen LogP contribution in [0.4, 0.5) is 10.5 Å². The minimum absolute atomic E-state index is 0.0110. The second-order valence-electron chi connectivity index (χ2n) is 8.08. The molecule has 8 nitrogen and oxygen atoms in total. The highest BCUT2D eigenvalue weighted by Crippen LogP contribution is 2.27. The van der Waals surface area contributed by atoms with Crippen molar-refractivity contribution < 1.29 is 14.3 Å². The molecule has 2 N–H and O–H groups in total. The average molecular weight is 387 g/mol. The molecule has 0 saturated carbocycles. The summed E-state index contributed by atoms with van der Waals surface area (Å²) in [5.74, 6) is 0.562. The van der Waals surface area contributed by atoms with E-state index in [0.717, 1.165) is 12.1 Å². The number of carbonyl (C=O) groups excluding carboxylic acids is 2. The van der Waals surface area contributed by atoms with E-state index >= 15 is 0 Å².